The Labute approximate surface area is 114 Å². The van der Waals surface area contributed by atoms with Crippen molar-refractivity contribution in [3.63, 3.8) is 0 Å². The first kappa shape index (κ1) is 14.0. The van der Waals surface area contributed by atoms with Crippen molar-refractivity contribution in [3.8, 4) is 0 Å². The third kappa shape index (κ3) is 2.79. The van der Waals surface area contributed by atoms with Crippen LogP contribution in [-0.4, -0.2) is 18.5 Å². The minimum Gasteiger partial charge on any atom is -0.464 e. The van der Waals surface area contributed by atoms with E-state index in [0.717, 1.165) is 13.0 Å². The Morgan fingerprint density at radius 1 is 1.40 bits per heavy atom. The number of fused-ring (bicyclic) bond motifs is 1. The Morgan fingerprint density at radius 2 is 2.15 bits per heavy atom. The van der Waals surface area contributed by atoms with E-state index in [1.54, 1.807) is 13.0 Å². The molecule has 20 heavy (non-hydrogen) atoms. The van der Waals surface area contributed by atoms with Crippen molar-refractivity contribution in [3.05, 3.63) is 35.8 Å². The lowest BCUT2D eigenvalue weighted by Gasteiger charge is -2.16. The topological polar surface area (TPSA) is 65.7 Å². The molecule has 0 radical (unpaired) electrons. The highest BCUT2D eigenvalue weighted by atomic mass is 19.1. The molecule has 1 heterocycles. The van der Waals surface area contributed by atoms with E-state index in [0.29, 0.717) is 5.39 Å². The van der Waals surface area contributed by atoms with Gasteiger partial charge in [-0.1, -0.05) is 0 Å². The van der Waals surface area contributed by atoms with Gasteiger partial charge in [0, 0.05) is 12.3 Å². The highest BCUT2D eigenvalue weighted by molar-refractivity contribution is 5.88. The molecule has 0 aliphatic carbocycles. The minimum absolute atomic E-state index is 0.118. The number of furan rings is 1. The fourth-order valence-electron chi connectivity index (χ4n) is 1.89. The maximum atomic E-state index is 13.6. The summed E-state index contributed by atoms with van der Waals surface area (Å²) in [5.41, 5.74) is 0.407. The Balaban J connectivity index is 2.52. The second-order valence-electron chi connectivity index (χ2n) is 4.08. The molecule has 1 atom stereocenters. The summed E-state index contributed by atoms with van der Waals surface area (Å²) in [6.07, 6.45) is 0.0145. The first-order chi connectivity index (χ1) is 9.52. The lowest BCUT2D eigenvalue weighted by atomic mass is 10.1. The molecule has 1 unspecified atom stereocenters. The number of benzene rings is 1. The van der Waals surface area contributed by atoms with Crippen molar-refractivity contribution >= 4 is 22.9 Å². The van der Waals surface area contributed by atoms with Crippen LogP contribution in [0.15, 0.2) is 28.9 Å². The van der Waals surface area contributed by atoms with Crippen LogP contribution in [-0.2, 0) is 19.1 Å². The van der Waals surface area contributed by atoms with Crippen molar-refractivity contribution in [2.75, 3.05) is 6.61 Å². The largest absolute Gasteiger partial charge is 0.464 e. The molecule has 6 heteroatoms. The Hall–Kier alpha value is -2.37. The molecule has 0 saturated carbocycles. The molecular formula is C14H13FO5. The van der Waals surface area contributed by atoms with E-state index in [4.69, 9.17) is 13.9 Å². The summed E-state index contributed by atoms with van der Waals surface area (Å²) in [5.74, 6) is -2.01. The van der Waals surface area contributed by atoms with Gasteiger partial charge in [-0.05, 0) is 25.1 Å². The van der Waals surface area contributed by atoms with Gasteiger partial charge < -0.3 is 13.9 Å². The van der Waals surface area contributed by atoms with Crippen molar-refractivity contribution in [2.24, 2.45) is 0 Å². The molecule has 0 aliphatic rings. The molecule has 2 rings (SSSR count). The number of hydrogen-bond acceptors (Lipinski definition) is 5. The molecule has 0 saturated heterocycles. The average Bonchev–Trinajstić information content (AvgIpc) is 2.83. The maximum Gasteiger partial charge on any atom is 0.352 e. The molecule has 0 fully saturated rings. The van der Waals surface area contributed by atoms with Crippen molar-refractivity contribution in [1.29, 1.82) is 0 Å². The summed E-state index contributed by atoms with van der Waals surface area (Å²) < 4.78 is 28.6. The van der Waals surface area contributed by atoms with E-state index in [2.05, 4.69) is 0 Å². The summed E-state index contributed by atoms with van der Waals surface area (Å²) in [7, 11) is 0. The van der Waals surface area contributed by atoms with Gasteiger partial charge in [0.25, 0.3) is 0 Å². The molecule has 0 aliphatic heterocycles. The van der Waals surface area contributed by atoms with Gasteiger partial charge in [-0.25, -0.2) is 9.18 Å². The minimum atomic E-state index is -1.35. The predicted molar refractivity (Wildman–Crippen MR) is 67.3 cm³/mol. The quantitative estimate of drug-likeness (QED) is 0.806. The molecule has 0 bridgehead atoms. The SMILES string of the molecule is CCOC(=O)C(OC(C)=O)c1cc(F)cc2ccoc12. The molecule has 0 amide bonds. The Bertz CT molecular complexity index is 646. The van der Waals surface area contributed by atoms with Gasteiger partial charge in [-0.3, -0.25) is 4.79 Å². The van der Waals surface area contributed by atoms with E-state index >= 15 is 0 Å². The number of rotatable bonds is 4. The van der Waals surface area contributed by atoms with Crippen LogP contribution < -0.4 is 0 Å². The van der Waals surface area contributed by atoms with Crippen molar-refractivity contribution < 1.29 is 27.9 Å². The molecule has 1 aromatic heterocycles. The second kappa shape index (κ2) is 5.73. The zero-order chi connectivity index (χ0) is 14.7. The van der Waals surface area contributed by atoms with Crippen molar-refractivity contribution in [1.82, 2.24) is 0 Å². The van der Waals surface area contributed by atoms with E-state index in [1.165, 1.54) is 12.3 Å². The summed E-state index contributed by atoms with van der Waals surface area (Å²) in [6.45, 7) is 2.90. The Morgan fingerprint density at radius 3 is 2.80 bits per heavy atom. The van der Waals surface area contributed by atoms with E-state index in [1.807, 2.05) is 0 Å². The van der Waals surface area contributed by atoms with E-state index in [9.17, 15) is 14.0 Å². The smallest absolute Gasteiger partial charge is 0.352 e. The summed E-state index contributed by atoms with van der Waals surface area (Å²) in [4.78, 5) is 23.0. The zero-order valence-corrected chi connectivity index (χ0v) is 11.0. The van der Waals surface area contributed by atoms with Crippen LogP contribution in [0.2, 0.25) is 0 Å². The van der Waals surface area contributed by atoms with Gasteiger partial charge in [0.1, 0.15) is 11.4 Å². The van der Waals surface area contributed by atoms with Gasteiger partial charge in [-0.15, -0.1) is 0 Å². The lowest BCUT2D eigenvalue weighted by Crippen LogP contribution is -2.21. The monoisotopic (exact) mass is 280 g/mol. The van der Waals surface area contributed by atoms with E-state index < -0.39 is 23.9 Å². The number of carbonyl (C=O) groups is 2. The molecule has 0 spiro atoms. The molecule has 0 N–H and O–H groups in total. The van der Waals surface area contributed by atoms with Crippen LogP contribution in [0.3, 0.4) is 0 Å². The van der Waals surface area contributed by atoms with Crippen LogP contribution in [0.1, 0.15) is 25.5 Å². The van der Waals surface area contributed by atoms with Crippen LogP contribution in [0.25, 0.3) is 11.0 Å². The molecular weight excluding hydrogens is 267 g/mol. The summed E-state index contributed by atoms with van der Waals surface area (Å²) in [5, 5.41) is 0.474. The predicted octanol–water partition coefficient (Wildman–Crippen LogP) is 2.74. The number of carbonyl (C=O) groups excluding carboxylic acids is 2. The number of ether oxygens (including phenoxy) is 2. The number of esters is 2. The highest BCUT2D eigenvalue weighted by Crippen LogP contribution is 2.29. The number of halogens is 1. The van der Waals surface area contributed by atoms with Crippen LogP contribution >= 0.6 is 0 Å². The third-order valence-electron chi connectivity index (χ3n) is 2.61. The standard InChI is InChI=1S/C14H13FO5/c1-3-18-14(17)13(20-8(2)16)11-7-10(15)6-9-4-5-19-12(9)11/h4-7,13H,3H2,1-2H3. The second-order valence-corrected chi connectivity index (χ2v) is 4.08. The highest BCUT2D eigenvalue weighted by Gasteiger charge is 2.29. The van der Waals surface area contributed by atoms with Gasteiger partial charge >= 0.3 is 11.9 Å². The van der Waals surface area contributed by atoms with E-state index in [-0.39, 0.29) is 17.8 Å². The fourth-order valence-corrected chi connectivity index (χ4v) is 1.89. The fraction of sp³-hybridized carbons (Fsp3) is 0.286. The van der Waals surface area contributed by atoms with Gasteiger partial charge in [0.15, 0.2) is 0 Å². The molecule has 1 aromatic carbocycles. The first-order valence-electron chi connectivity index (χ1n) is 6.03. The maximum absolute atomic E-state index is 13.6. The lowest BCUT2D eigenvalue weighted by molar-refractivity contribution is -0.166. The third-order valence-corrected chi connectivity index (χ3v) is 2.61. The van der Waals surface area contributed by atoms with Crippen LogP contribution in [0, 0.1) is 5.82 Å². The number of hydrogen-bond donors (Lipinski definition) is 0. The molecule has 5 nitrogen and oxygen atoms in total. The van der Waals surface area contributed by atoms with Crippen molar-refractivity contribution in [2.45, 2.75) is 20.0 Å². The molecule has 106 valence electrons. The Kier molecular flexibility index (Phi) is 4.02. The van der Waals surface area contributed by atoms with Gasteiger partial charge in [0.05, 0.1) is 18.4 Å². The molecule has 2 aromatic rings. The van der Waals surface area contributed by atoms with Crippen LogP contribution in [0.4, 0.5) is 4.39 Å². The first-order valence-corrected chi connectivity index (χ1v) is 6.03. The van der Waals surface area contributed by atoms with Crippen LogP contribution in [0.5, 0.6) is 0 Å². The average molecular weight is 280 g/mol. The summed E-state index contributed by atoms with van der Waals surface area (Å²) in [6, 6.07) is 3.91. The zero-order valence-electron chi connectivity index (χ0n) is 11.0. The van der Waals surface area contributed by atoms with Gasteiger partial charge in [0.2, 0.25) is 6.10 Å². The van der Waals surface area contributed by atoms with Gasteiger partial charge in [-0.2, -0.15) is 0 Å². The summed E-state index contributed by atoms with van der Waals surface area (Å²) >= 11 is 0. The normalized spacial score (nSPS) is 12.2.